The second kappa shape index (κ2) is 45.5. The number of carbonyl (C=O) groups is 2. The Morgan fingerprint density at radius 1 is 0.426 bits per heavy atom. The van der Waals surface area contributed by atoms with Crippen LogP contribution in [0.3, 0.4) is 0 Å². The molecule has 0 rings (SSSR count). The van der Waals surface area contributed by atoms with Gasteiger partial charge in [-0.15, -0.1) is 0 Å². The van der Waals surface area contributed by atoms with Gasteiger partial charge in [-0.05, 0) is 51.4 Å². The quantitative estimate of drug-likeness (QED) is 0.0352. The lowest BCUT2D eigenvalue weighted by molar-refractivity contribution is -0.163. The molecular weight excluding hydrogens is 669 g/mol. The summed E-state index contributed by atoms with van der Waals surface area (Å²) in [5.74, 6) is -0.406. The molecule has 0 amide bonds. The van der Waals surface area contributed by atoms with Gasteiger partial charge in [-0.3, -0.25) is 9.59 Å². The summed E-state index contributed by atoms with van der Waals surface area (Å²) in [7, 11) is 0. The van der Waals surface area contributed by atoms with Crippen molar-refractivity contribution in [2.75, 3.05) is 19.8 Å². The first-order valence-corrected chi connectivity index (χ1v) is 23.5. The van der Waals surface area contributed by atoms with Crippen LogP contribution in [0.5, 0.6) is 0 Å². The van der Waals surface area contributed by atoms with Crippen LogP contribution in [0.15, 0.2) is 36.5 Å². The molecule has 0 N–H and O–H groups in total. The molecule has 0 aliphatic rings. The van der Waals surface area contributed by atoms with Crippen LogP contribution >= 0.6 is 0 Å². The van der Waals surface area contributed by atoms with Gasteiger partial charge in [0.2, 0.25) is 0 Å². The summed E-state index contributed by atoms with van der Waals surface area (Å²) in [5, 5.41) is 0. The molecule has 0 aliphatic heterocycles. The minimum atomic E-state index is -0.534. The molecule has 0 bridgehead atoms. The Hall–Kier alpha value is -1.88. The van der Waals surface area contributed by atoms with Crippen LogP contribution in [-0.4, -0.2) is 37.9 Å². The summed E-state index contributed by atoms with van der Waals surface area (Å²) in [6.07, 6.45) is 52.8. The number of hydrogen-bond acceptors (Lipinski definition) is 5. The van der Waals surface area contributed by atoms with E-state index in [1.54, 1.807) is 0 Å². The van der Waals surface area contributed by atoms with E-state index in [4.69, 9.17) is 14.2 Å². The van der Waals surface area contributed by atoms with E-state index in [0.717, 1.165) is 64.2 Å². The summed E-state index contributed by atoms with van der Waals surface area (Å²) in [6, 6.07) is 0. The first-order chi connectivity index (χ1) is 26.6. The maximum atomic E-state index is 12.7. The molecular formula is C49H90O5. The zero-order chi connectivity index (χ0) is 39.3. The highest BCUT2D eigenvalue weighted by Gasteiger charge is 2.17. The van der Waals surface area contributed by atoms with E-state index in [-0.39, 0.29) is 25.2 Å². The molecule has 54 heavy (non-hydrogen) atoms. The molecule has 0 saturated heterocycles. The maximum absolute atomic E-state index is 12.7. The fraction of sp³-hybridized carbons (Fsp3) is 0.837. The smallest absolute Gasteiger partial charge is 0.306 e. The third-order valence-corrected chi connectivity index (χ3v) is 10.2. The van der Waals surface area contributed by atoms with E-state index < -0.39 is 6.10 Å². The fourth-order valence-electron chi connectivity index (χ4n) is 6.70. The van der Waals surface area contributed by atoms with Crippen LogP contribution in [0, 0.1) is 0 Å². The van der Waals surface area contributed by atoms with Gasteiger partial charge < -0.3 is 14.2 Å². The SMILES string of the molecule is CC/C=C\C/C=C\C/C=C\CCCCCCCC(=O)OCC(COCCCCCCCCCCCC)OC(=O)CCCCCCCCCCCCCCC. The van der Waals surface area contributed by atoms with Crippen LogP contribution in [0.25, 0.3) is 0 Å². The third-order valence-electron chi connectivity index (χ3n) is 10.2. The van der Waals surface area contributed by atoms with Crippen molar-refractivity contribution in [3.05, 3.63) is 36.5 Å². The van der Waals surface area contributed by atoms with Crippen molar-refractivity contribution in [1.82, 2.24) is 0 Å². The van der Waals surface area contributed by atoms with E-state index in [1.165, 1.54) is 141 Å². The number of esters is 2. The Balaban J connectivity index is 4.23. The zero-order valence-corrected chi connectivity index (χ0v) is 36.2. The Bertz CT molecular complexity index is 862. The van der Waals surface area contributed by atoms with Crippen molar-refractivity contribution < 1.29 is 23.8 Å². The standard InChI is InChI=1S/C49H90O5/c1-4-7-10-13-16-19-22-24-25-27-28-30-33-36-39-42-48(50)53-46-47(45-52-44-41-38-35-32-21-18-15-12-9-6-3)54-49(51)43-40-37-34-31-29-26-23-20-17-14-11-8-5-2/h7,10,16,19,24-25,47H,4-6,8-9,11-15,17-18,20-23,26-46H2,1-3H3/b10-7-,19-16-,25-24-. The second-order valence-corrected chi connectivity index (χ2v) is 15.6. The highest BCUT2D eigenvalue weighted by molar-refractivity contribution is 5.70. The highest BCUT2D eigenvalue weighted by atomic mass is 16.6. The largest absolute Gasteiger partial charge is 0.462 e. The van der Waals surface area contributed by atoms with E-state index in [2.05, 4.69) is 57.2 Å². The Labute approximate surface area is 336 Å². The van der Waals surface area contributed by atoms with Crippen molar-refractivity contribution in [1.29, 1.82) is 0 Å². The molecule has 0 aromatic heterocycles. The number of allylic oxidation sites excluding steroid dienone is 6. The Morgan fingerprint density at radius 3 is 1.33 bits per heavy atom. The Kier molecular flexibility index (Phi) is 43.9. The minimum Gasteiger partial charge on any atom is -0.462 e. The van der Waals surface area contributed by atoms with Gasteiger partial charge >= 0.3 is 11.9 Å². The summed E-state index contributed by atoms with van der Waals surface area (Å²) >= 11 is 0. The molecule has 1 atom stereocenters. The zero-order valence-electron chi connectivity index (χ0n) is 36.2. The predicted octanol–water partition coefficient (Wildman–Crippen LogP) is 15.4. The molecule has 0 aliphatic carbocycles. The summed E-state index contributed by atoms with van der Waals surface area (Å²) < 4.78 is 17.3. The van der Waals surface area contributed by atoms with Crippen molar-refractivity contribution in [2.24, 2.45) is 0 Å². The van der Waals surface area contributed by atoms with Crippen LogP contribution < -0.4 is 0 Å². The minimum absolute atomic E-state index is 0.0815. The van der Waals surface area contributed by atoms with Crippen LogP contribution in [0.4, 0.5) is 0 Å². The van der Waals surface area contributed by atoms with E-state index in [9.17, 15) is 9.59 Å². The molecule has 0 radical (unpaired) electrons. The highest BCUT2D eigenvalue weighted by Crippen LogP contribution is 2.15. The molecule has 0 aromatic carbocycles. The third kappa shape index (κ3) is 42.9. The Morgan fingerprint density at radius 2 is 0.833 bits per heavy atom. The topological polar surface area (TPSA) is 61.8 Å². The van der Waals surface area contributed by atoms with Gasteiger partial charge in [-0.25, -0.2) is 0 Å². The average Bonchev–Trinajstić information content (AvgIpc) is 3.17. The lowest BCUT2D eigenvalue weighted by Crippen LogP contribution is -2.30. The van der Waals surface area contributed by atoms with Gasteiger partial charge in [-0.1, -0.05) is 211 Å². The summed E-state index contributed by atoms with van der Waals surface area (Å²) in [6.45, 7) is 7.72. The van der Waals surface area contributed by atoms with Crippen molar-refractivity contribution in [3.63, 3.8) is 0 Å². The lowest BCUT2D eigenvalue weighted by atomic mass is 10.0. The normalized spacial score (nSPS) is 12.4. The predicted molar refractivity (Wildman–Crippen MR) is 233 cm³/mol. The van der Waals surface area contributed by atoms with E-state index in [0.29, 0.717) is 19.4 Å². The molecule has 0 spiro atoms. The fourth-order valence-corrected chi connectivity index (χ4v) is 6.70. The molecule has 0 saturated carbocycles. The van der Waals surface area contributed by atoms with Crippen LogP contribution in [0.1, 0.15) is 239 Å². The van der Waals surface area contributed by atoms with Gasteiger partial charge in [0, 0.05) is 19.4 Å². The van der Waals surface area contributed by atoms with Crippen molar-refractivity contribution >= 4 is 11.9 Å². The summed E-state index contributed by atoms with van der Waals surface area (Å²) in [5.41, 5.74) is 0. The van der Waals surface area contributed by atoms with Crippen LogP contribution in [0.2, 0.25) is 0 Å². The molecule has 0 heterocycles. The van der Waals surface area contributed by atoms with E-state index in [1.807, 2.05) is 0 Å². The first kappa shape index (κ1) is 52.1. The number of carbonyl (C=O) groups excluding carboxylic acids is 2. The van der Waals surface area contributed by atoms with Gasteiger partial charge in [-0.2, -0.15) is 0 Å². The van der Waals surface area contributed by atoms with Gasteiger partial charge in [0.1, 0.15) is 6.61 Å². The van der Waals surface area contributed by atoms with Gasteiger partial charge in [0.15, 0.2) is 6.10 Å². The number of ether oxygens (including phenoxy) is 3. The molecule has 0 aromatic rings. The molecule has 1 unspecified atom stereocenters. The van der Waals surface area contributed by atoms with Crippen LogP contribution in [-0.2, 0) is 23.8 Å². The lowest BCUT2D eigenvalue weighted by Gasteiger charge is -2.18. The second-order valence-electron chi connectivity index (χ2n) is 15.6. The number of hydrogen-bond donors (Lipinski definition) is 0. The number of rotatable bonds is 43. The van der Waals surface area contributed by atoms with E-state index >= 15 is 0 Å². The molecule has 0 fully saturated rings. The van der Waals surface area contributed by atoms with Gasteiger partial charge in [0.05, 0.1) is 6.61 Å². The molecule has 5 nitrogen and oxygen atoms in total. The van der Waals surface area contributed by atoms with Crippen molar-refractivity contribution in [2.45, 2.75) is 245 Å². The maximum Gasteiger partial charge on any atom is 0.306 e. The molecule has 316 valence electrons. The first-order valence-electron chi connectivity index (χ1n) is 23.5. The average molecular weight is 759 g/mol. The number of unbranched alkanes of at least 4 members (excludes halogenated alkanes) is 26. The van der Waals surface area contributed by atoms with Gasteiger partial charge in [0.25, 0.3) is 0 Å². The van der Waals surface area contributed by atoms with Crippen molar-refractivity contribution in [3.8, 4) is 0 Å². The monoisotopic (exact) mass is 759 g/mol. The summed E-state index contributed by atoms with van der Waals surface area (Å²) in [4.78, 5) is 25.2. The molecule has 5 heteroatoms.